The number of carbonyl (C=O) groups is 1. The van der Waals surface area contributed by atoms with E-state index in [9.17, 15) is 4.79 Å². The standard InChI is InChI=1S/C18H32N2O/c21-16-18(9-4-1-2-5-10-18)15-19-13-8-17(14-19)20-11-6-3-7-12-20/h16-17H,1-15H2. The van der Waals surface area contributed by atoms with Crippen LogP contribution in [-0.4, -0.2) is 54.9 Å². The Morgan fingerprint density at radius 2 is 1.57 bits per heavy atom. The number of carbonyl (C=O) groups excluding carboxylic acids is 1. The van der Waals surface area contributed by atoms with Crippen molar-refractivity contribution in [3.8, 4) is 0 Å². The van der Waals surface area contributed by atoms with Gasteiger partial charge in [0.2, 0.25) is 0 Å². The molecule has 0 aromatic heterocycles. The molecule has 3 heteroatoms. The van der Waals surface area contributed by atoms with Crippen LogP contribution in [0.4, 0.5) is 0 Å². The van der Waals surface area contributed by atoms with Crippen molar-refractivity contribution in [1.29, 1.82) is 0 Å². The van der Waals surface area contributed by atoms with E-state index in [1.54, 1.807) is 0 Å². The topological polar surface area (TPSA) is 23.6 Å². The van der Waals surface area contributed by atoms with Crippen molar-refractivity contribution in [2.45, 2.75) is 70.3 Å². The minimum atomic E-state index is -0.0205. The number of aldehydes is 1. The molecule has 0 N–H and O–H groups in total. The zero-order valence-electron chi connectivity index (χ0n) is 13.6. The molecule has 2 aliphatic heterocycles. The van der Waals surface area contributed by atoms with Crippen LogP contribution in [-0.2, 0) is 4.79 Å². The summed E-state index contributed by atoms with van der Waals surface area (Å²) in [5, 5.41) is 0. The van der Waals surface area contributed by atoms with Crippen molar-refractivity contribution >= 4 is 6.29 Å². The molecule has 0 aromatic rings. The molecule has 3 fully saturated rings. The first-order chi connectivity index (χ1) is 10.3. The van der Waals surface area contributed by atoms with E-state index in [2.05, 4.69) is 9.80 Å². The van der Waals surface area contributed by atoms with Crippen molar-refractivity contribution < 1.29 is 4.79 Å². The van der Waals surface area contributed by atoms with E-state index in [0.29, 0.717) is 0 Å². The van der Waals surface area contributed by atoms with Gasteiger partial charge >= 0.3 is 0 Å². The van der Waals surface area contributed by atoms with Gasteiger partial charge in [-0.15, -0.1) is 0 Å². The minimum Gasteiger partial charge on any atom is -0.303 e. The lowest BCUT2D eigenvalue weighted by Gasteiger charge is -2.34. The molecular formula is C18H32N2O. The molecule has 0 aromatic carbocycles. The number of piperidine rings is 1. The fourth-order valence-electron chi connectivity index (χ4n) is 4.73. The molecular weight excluding hydrogens is 260 g/mol. The Morgan fingerprint density at radius 3 is 2.24 bits per heavy atom. The van der Waals surface area contributed by atoms with Gasteiger partial charge in [0, 0.05) is 24.5 Å². The fraction of sp³-hybridized carbons (Fsp3) is 0.944. The van der Waals surface area contributed by atoms with E-state index in [4.69, 9.17) is 0 Å². The number of rotatable bonds is 4. The Labute approximate surface area is 130 Å². The van der Waals surface area contributed by atoms with Gasteiger partial charge in [-0.2, -0.15) is 0 Å². The summed E-state index contributed by atoms with van der Waals surface area (Å²) >= 11 is 0. The molecule has 3 aliphatic rings. The van der Waals surface area contributed by atoms with Gasteiger partial charge < -0.3 is 9.69 Å². The zero-order chi connectivity index (χ0) is 14.5. The van der Waals surface area contributed by atoms with Gasteiger partial charge in [-0.3, -0.25) is 4.90 Å². The average molecular weight is 292 g/mol. The lowest BCUT2D eigenvalue weighted by Crippen LogP contribution is -2.43. The lowest BCUT2D eigenvalue weighted by molar-refractivity contribution is -0.118. The van der Waals surface area contributed by atoms with Crippen LogP contribution in [0.15, 0.2) is 0 Å². The quantitative estimate of drug-likeness (QED) is 0.587. The molecule has 0 radical (unpaired) electrons. The molecule has 120 valence electrons. The lowest BCUT2D eigenvalue weighted by atomic mass is 9.81. The van der Waals surface area contributed by atoms with Crippen LogP contribution >= 0.6 is 0 Å². The van der Waals surface area contributed by atoms with Gasteiger partial charge in [-0.05, 0) is 51.7 Å². The molecule has 0 spiro atoms. The molecule has 2 heterocycles. The third-order valence-electron chi connectivity index (χ3n) is 6.04. The van der Waals surface area contributed by atoms with Crippen LogP contribution in [0.25, 0.3) is 0 Å². The summed E-state index contributed by atoms with van der Waals surface area (Å²) in [6, 6.07) is 0.764. The third-order valence-corrected chi connectivity index (χ3v) is 6.04. The smallest absolute Gasteiger partial charge is 0.127 e. The first-order valence-electron chi connectivity index (χ1n) is 9.24. The maximum Gasteiger partial charge on any atom is 0.127 e. The monoisotopic (exact) mass is 292 g/mol. The largest absolute Gasteiger partial charge is 0.303 e. The van der Waals surface area contributed by atoms with Gasteiger partial charge in [0.15, 0.2) is 0 Å². The average Bonchev–Trinajstić information content (AvgIpc) is 2.86. The molecule has 0 amide bonds. The normalized spacial score (nSPS) is 31.9. The molecule has 1 aliphatic carbocycles. The van der Waals surface area contributed by atoms with Crippen LogP contribution in [0, 0.1) is 5.41 Å². The summed E-state index contributed by atoms with van der Waals surface area (Å²) in [5.41, 5.74) is -0.0205. The number of hydrogen-bond donors (Lipinski definition) is 0. The summed E-state index contributed by atoms with van der Waals surface area (Å²) in [5.74, 6) is 0. The van der Waals surface area contributed by atoms with Crippen LogP contribution in [0.5, 0.6) is 0 Å². The highest BCUT2D eigenvalue weighted by molar-refractivity contribution is 5.59. The summed E-state index contributed by atoms with van der Waals surface area (Å²) in [6.07, 6.45) is 14.2. The van der Waals surface area contributed by atoms with E-state index < -0.39 is 0 Å². The summed E-state index contributed by atoms with van der Waals surface area (Å²) < 4.78 is 0. The summed E-state index contributed by atoms with van der Waals surface area (Å²) in [7, 11) is 0. The van der Waals surface area contributed by atoms with Crippen LogP contribution in [0.3, 0.4) is 0 Å². The predicted octanol–water partition coefficient (Wildman–Crippen LogP) is 3.09. The Bertz CT molecular complexity index is 330. The highest BCUT2D eigenvalue weighted by Crippen LogP contribution is 2.35. The predicted molar refractivity (Wildman–Crippen MR) is 86.5 cm³/mol. The van der Waals surface area contributed by atoms with Crippen LogP contribution in [0.1, 0.15) is 64.2 Å². The molecule has 2 saturated heterocycles. The van der Waals surface area contributed by atoms with Crippen molar-refractivity contribution in [2.75, 3.05) is 32.7 Å². The van der Waals surface area contributed by atoms with E-state index in [1.807, 2.05) is 0 Å². The molecule has 0 bridgehead atoms. The minimum absolute atomic E-state index is 0.0205. The number of hydrogen-bond acceptors (Lipinski definition) is 3. The summed E-state index contributed by atoms with van der Waals surface area (Å²) in [4.78, 5) is 17.1. The number of likely N-dealkylation sites (tertiary alicyclic amines) is 2. The Hall–Kier alpha value is -0.410. The summed E-state index contributed by atoms with van der Waals surface area (Å²) in [6.45, 7) is 6.04. The van der Waals surface area contributed by atoms with Crippen molar-refractivity contribution in [2.24, 2.45) is 5.41 Å². The molecule has 1 unspecified atom stereocenters. The third kappa shape index (κ3) is 3.87. The van der Waals surface area contributed by atoms with Gasteiger partial charge in [-0.25, -0.2) is 0 Å². The van der Waals surface area contributed by atoms with Crippen LogP contribution < -0.4 is 0 Å². The van der Waals surface area contributed by atoms with Crippen LogP contribution in [0.2, 0.25) is 0 Å². The highest BCUT2D eigenvalue weighted by Gasteiger charge is 2.36. The maximum atomic E-state index is 11.8. The molecule has 3 nitrogen and oxygen atoms in total. The van der Waals surface area contributed by atoms with Crippen molar-refractivity contribution in [3.63, 3.8) is 0 Å². The second-order valence-corrected chi connectivity index (χ2v) is 7.67. The Balaban J connectivity index is 1.54. The second-order valence-electron chi connectivity index (χ2n) is 7.67. The van der Waals surface area contributed by atoms with Gasteiger partial charge in [0.05, 0.1) is 0 Å². The zero-order valence-corrected chi connectivity index (χ0v) is 13.6. The molecule has 1 atom stereocenters. The van der Waals surface area contributed by atoms with E-state index in [0.717, 1.165) is 25.4 Å². The molecule has 21 heavy (non-hydrogen) atoms. The van der Waals surface area contributed by atoms with E-state index in [-0.39, 0.29) is 5.41 Å². The maximum absolute atomic E-state index is 11.8. The van der Waals surface area contributed by atoms with E-state index >= 15 is 0 Å². The Kier molecular flexibility index (Phi) is 5.33. The van der Waals surface area contributed by atoms with Gasteiger partial charge in [-0.1, -0.05) is 32.1 Å². The SMILES string of the molecule is O=CC1(CN2CCC(N3CCCCC3)C2)CCCCCC1. The van der Waals surface area contributed by atoms with Crippen molar-refractivity contribution in [3.05, 3.63) is 0 Å². The van der Waals surface area contributed by atoms with E-state index in [1.165, 1.54) is 83.8 Å². The Morgan fingerprint density at radius 1 is 0.905 bits per heavy atom. The second kappa shape index (κ2) is 7.23. The number of nitrogens with zero attached hydrogens (tertiary/aromatic N) is 2. The molecule has 1 saturated carbocycles. The first kappa shape index (κ1) is 15.5. The highest BCUT2D eigenvalue weighted by atomic mass is 16.1. The van der Waals surface area contributed by atoms with Crippen molar-refractivity contribution in [1.82, 2.24) is 9.80 Å². The molecule has 3 rings (SSSR count). The van der Waals surface area contributed by atoms with Gasteiger partial charge in [0.1, 0.15) is 6.29 Å². The first-order valence-corrected chi connectivity index (χ1v) is 9.24. The fourth-order valence-corrected chi connectivity index (χ4v) is 4.73. The van der Waals surface area contributed by atoms with Gasteiger partial charge in [0.25, 0.3) is 0 Å².